The quantitative estimate of drug-likeness (QED) is 0.554. The van der Waals surface area contributed by atoms with Gasteiger partial charge in [0, 0.05) is 6.21 Å². The van der Waals surface area contributed by atoms with Crippen molar-refractivity contribution in [1.29, 1.82) is 0 Å². The molecule has 0 aliphatic carbocycles. The Hall–Kier alpha value is -0.900. The zero-order valence-electron chi connectivity index (χ0n) is 5.71. The number of carbonyl (C=O) groups is 1. The average molecular weight is 141 g/mol. The van der Waals surface area contributed by atoms with Gasteiger partial charge in [0.1, 0.15) is 0 Å². The van der Waals surface area contributed by atoms with Crippen LogP contribution in [0.3, 0.4) is 0 Å². The van der Waals surface area contributed by atoms with Crippen LogP contribution < -0.4 is 11.2 Å². The summed E-state index contributed by atoms with van der Waals surface area (Å²) >= 11 is 0. The van der Waals surface area contributed by atoms with Crippen molar-refractivity contribution in [3.05, 3.63) is 0 Å². The first-order chi connectivity index (χ1) is 4.84. The van der Waals surface area contributed by atoms with Crippen molar-refractivity contribution in [2.45, 2.75) is 12.8 Å². The fourth-order valence-corrected chi connectivity index (χ4v) is 0.885. The Morgan fingerprint density at radius 3 is 3.10 bits per heavy atom. The molecule has 10 heavy (non-hydrogen) atoms. The molecule has 1 aliphatic rings. The van der Waals surface area contributed by atoms with Gasteiger partial charge in [0.15, 0.2) is 0 Å². The van der Waals surface area contributed by atoms with Crippen molar-refractivity contribution < 1.29 is 4.79 Å². The van der Waals surface area contributed by atoms with E-state index >= 15 is 0 Å². The van der Waals surface area contributed by atoms with E-state index in [-0.39, 0.29) is 11.8 Å². The summed E-state index contributed by atoms with van der Waals surface area (Å²) < 4.78 is 0. The fourth-order valence-electron chi connectivity index (χ4n) is 0.885. The Kier molecular flexibility index (Phi) is 2.39. The second kappa shape index (κ2) is 3.31. The molecule has 1 atom stereocenters. The molecule has 0 aromatic heterocycles. The molecule has 0 saturated heterocycles. The van der Waals surface area contributed by atoms with E-state index in [0.717, 1.165) is 12.8 Å². The van der Waals surface area contributed by atoms with Crippen LogP contribution in [0, 0.1) is 5.92 Å². The highest BCUT2D eigenvalue weighted by molar-refractivity contribution is 5.97. The zero-order valence-corrected chi connectivity index (χ0v) is 5.71. The van der Waals surface area contributed by atoms with E-state index in [1.165, 1.54) is 0 Å². The minimum absolute atomic E-state index is 0.00606. The summed E-state index contributed by atoms with van der Waals surface area (Å²) in [5, 5.41) is 3.63. The smallest absolute Gasteiger partial charge is 0.248 e. The molecule has 3 N–H and O–H groups in total. The molecule has 4 heteroatoms. The van der Waals surface area contributed by atoms with Crippen LogP contribution in [-0.2, 0) is 4.79 Å². The van der Waals surface area contributed by atoms with Gasteiger partial charge >= 0.3 is 0 Å². The van der Waals surface area contributed by atoms with E-state index in [1.54, 1.807) is 6.21 Å². The molecule has 1 heterocycles. The minimum atomic E-state index is -0.0384. The van der Waals surface area contributed by atoms with Crippen LogP contribution in [0.15, 0.2) is 5.10 Å². The molecule has 1 rings (SSSR count). The summed E-state index contributed by atoms with van der Waals surface area (Å²) in [6.07, 6.45) is 3.33. The summed E-state index contributed by atoms with van der Waals surface area (Å²) in [7, 11) is 0. The third kappa shape index (κ3) is 1.54. The molecule has 1 aliphatic heterocycles. The van der Waals surface area contributed by atoms with Gasteiger partial charge in [-0.1, -0.05) is 0 Å². The van der Waals surface area contributed by atoms with Crippen LogP contribution >= 0.6 is 0 Å². The van der Waals surface area contributed by atoms with Crippen LogP contribution in [0.2, 0.25) is 0 Å². The maximum atomic E-state index is 10.8. The first-order valence-corrected chi connectivity index (χ1v) is 3.37. The number of nitrogens with one attached hydrogen (secondary N) is 1. The second-order valence-corrected chi connectivity index (χ2v) is 2.29. The van der Waals surface area contributed by atoms with Crippen LogP contribution in [0.4, 0.5) is 0 Å². The molecule has 0 radical (unpaired) electrons. The van der Waals surface area contributed by atoms with Crippen molar-refractivity contribution in [2.24, 2.45) is 16.8 Å². The van der Waals surface area contributed by atoms with Crippen molar-refractivity contribution in [1.82, 2.24) is 5.43 Å². The number of rotatable bonds is 3. The molecule has 0 spiro atoms. The van der Waals surface area contributed by atoms with E-state index in [4.69, 9.17) is 5.73 Å². The molecular formula is C6H11N3O. The molecule has 0 bridgehead atoms. The average Bonchev–Trinajstić information content (AvgIpc) is 2.31. The van der Waals surface area contributed by atoms with Crippen LogP contribution in [0.25, 0.3) is 0 Å². The largest absolute Gasteiger partial charge is 0.330 e. The van der Waals surface area contributed by atoms with Gasteiger partial charge in [0.25, 0.3) is 0 Å². The number of hydrazone groups is 1. The van der Waals surface area contributed by atoms with Gasteiger partial charge in [-0.2, -0.15) is 5.10 Å². The van der Waals surface area contributed by atoms with Crippen LogP contribution in [0.1, 0.15) is 12.8 Å². The lowest BCUT2D eigenvalue weighted by molar-refractivity contribution is -0.122. The van der Waals surface area contributed by atoms with Gasteiger partial charge in [-0.05, 0) is 19.4 Å². The van der Waals surface area contributed by atoms with E-state index < -0.39 is 0 Å². The van der Waals surface area contributed by atoms with Gasteiger partial charge in [0.2, 0.25) is 5.91 Å². The monoisotopic (exact) mass is 141 g/mol. The molecule has 0 aromatic carbocycles. The van der Waals surface area contributed by atoms with E-state index in [9.17, 15) is 4.79 Å². The molecule has 0 unspecified atom stereocenters. The highest BCUT2D eigenvalue weighted by Crippen LogP contribution is 2.06. The lowest BCUT2D eigenvalue weighted by atomic mass is 10.1. The van der Waals surface area contributed by atoms with Gasteiger partial charge in [-0.15, -0.1) is 0 Å². The topological polar surface area (TPSA) is 67.5 Å². The van der Waals surface area contributed by atoms with Gasteiger partial charge in [0.05, 0.1) is 5.92 Å². The Bertz CT molecular complexity index is 155. The Labute approximate surface area is 59.5 Å². The second-order valence-electron chi connectivity index (χ2n) is 2.29. The van der Waals surface area contributed by atoms with E-state index in [1.807, 2.05) is 0 Å². The third-order valence-electron chi connectivity index (χ3n) is 1.49. The van der Waals surface area contributed by atoms with E-state index in [2.05, 4.69) is 10.5 Å². The fraction of sp³-hybridized carbons (Fsp3) is 0.667. The van der Waals surface area contributed by atoms with Gasteiger partial charge in [-0.25, -0.2) is 5.43 Å². The predicted molar refractivity (Wildman–Crippen MR) is 38.4 cm³/mol. The number of nitrogens with zero attached hydrogens (tertiary/aromatic N) is 1. The highest BCUT2D eigenvalue weighted by atomic mass is 16.2. The van der Waals surface area contributed by atoms with Crippen molar-refractivity contribution in [3.63, 3.8) is 0 Å². The van der Waals surface area contributed by atoms with Gasteiger partial charge in [-0.3, -0.25) is 4.79 Å². The normalized spacial score (nSPS) is 23.3. The molecule has 56 valence electrons. The number of amides is 1. The number of hydrogen-bond acceptors (Lipinski definition) is 3. The first kappa shape index (κ1) is 7.21. The van der Waals surface area contributed by atoms with Crippen LogP contribution in [-0.4, -0.2) is 18.7 Å². The van der Waals surface area contributed by atoms with Crippen molar-refractivity contribution in [2.75, 3.05) is 6.54 Å². The number of hydrogen-bond donors (Lipinski definition) is 2. The summed E-state index contributed by atoms with van der Waals surface area (Å²) in [4.78, 5) is 10.8. The summed E-state index contributed by atoms with van der Waals surface area (Å²) in [5.74, 6) is -0.0444. The summed E-state index contributed by atoms with van der Waals surface area (Å²) in [6.45, 7) is 0.637. The lowest BCUT2D eigenvalue weighted by Crippen LogP contribution is -2.20. The van der Waals surface area contributed by atoms with Crippen molar-refractivity contribution in [3.8, 4) is 0 Å². The van der Waals surface area contributed by atoms with Crippen molar-refractivity contribution >= 4 is 12.1 Å². The third-order valence-corrected chi connectivity index (χ3v) is 1.49. The Balaban J connectivity index is 2.27. The van der Waals surface area contributed by atoms with E-state index in [0.29, 0.717) is 6.54 Å². The SMILES string of the molecule is NCCC[C@@H]1C=NNC1=O. The number of carbonyl (C=O) groups excluding carboxylic acids is 1. The molecule has 0 saturated carbocycles. The van der Waals surface area contributed by atoms with Crippen LogP contribution in [0.5, 0.6) is 0 Å². The minimum Gasteiger partial charge on any atom is -0.330 e. The molecule has 1 amide bonds. The Morgan fingerprint density at radius 1 is 1.80 bits per heavy atom. The highest BCUT2D eigenvalue weighted by Gasteiger charge is 2.19. The van der Waals surface area contributed by atoms with Gasteiger partial charge < -0.3 is 5.73 Å². The summed E-state index contributed by atoms with van der Waals surface area (Å²) in [5.41, 5.74) is 7.64. The molecular weight excluding hydrogens is 130 g/mol. The lowest BCUT2D eigenvalue weighted by Gasteiger charge is -2.00. The Morgan fingerprint density at radius 2 is 2.60 bits per heavy atom. The molecule has 0 fully saturated rings. The predicted octanol–water partition coefficient (Wildman–Crippen LogP) is -0.543. The maximum Gasteiger partial charge on any atom is 0.248 e. The standard InChI is InChI=1S/C6H11N3O/c7-3-1-2-5-4-8-9-6(5)10/h4-5H,1-3,7H2,(H,9,10)/t5-/m1/s1. The number of nitrogens with two attached hydrogens (primary N) is 1. The maximum absolute atomic E-state index is 10.8. The first-order valence-electron chi connectivity index (χ1n) is 3.37. The summed E-state index contributed by atoms with van der Waals surface area (Å²) in [6, 6.07) is 0. The zero-order chi connectivity index (χ0) is 7.40. The molecule has 0 aromatic rings. The molecule has 4 nitrogen and oxygen atoms in total.